The number of ether oxygens (including phenoxy) is 1. The summed E-state index contributed by atoms with van der Waals surface area (Å²) in [4.78, 5) is 0. The zero-order chi connectivity index (χ0) is 13.1. The molecule has 1 rings (SSSR count). The summed E-state index contributed by atoms with van der Waals surface area (Å²) < 4.78 is 7.37. The highest BCUT2D eigenvalue weighted by molar-refractivity contribution is 5.20. The van der Waals surface area contributed by atoms with Gasteiger partial charge in [0.25, 0.3) is 0 Å². The summed E-state index contributed by atoms with van der Waals surface area (Å²) in [6, 6.07) is 0.345. The highest BCUT2D eigenvalue weighted by Gasteiger charge is 2.21. The number of hydrogen-bond donors (Lipinski definition) is 1. The van der Waals surface area contributed by atoms with Gasteiger partial charge in [0.1, 0.15) is 0 Å². The van der Waals surface area contributed by atoms with Crippen LogP contribution in [0.2, 0.25) is 0 Å². The second-order valence-corrected chi connectivity index (χ2v) is 5.15. The summed E-state index contributed by atoms with van der Waals surface area (Å²) in [5, 5.41) is 7.66. The largest absolute Gasteiger partial charge is 0.379 e. The van der Waals surface area contributed by atoms with E-state index in [9.17, 15) is 0 Å². The first kappa shape index (κ1) is 14.2. The molecule has 0 amide bonds. The normalized spacial score (nSPS) is 14.0. The Morgan fingerprint density at radius 2 is 2.18 bits per heavy atom. The van der Waals surface area contributed by atoms with Crippen LogP contribution in [0.15, 0.2) is 6.20 Å². The zero-order valence-corrected chi connectivity index (χ0v) is 11.9. The van der Waals surface area contributed by atoms with Gasteiger partial charge in [0.2, 0.25) is 0 Å². The predicted octanol–water partition coefficient (Wildman–Crippen LogP) is 2.19. The maximum atomic E-state index is 5.46. The number of nitrogens with zero attached hydrogens (tertiary/aromatic N) is 2. The van der Waals surface area contributed by atoms with Crippen LogP contribution in [-0.4, -0.2) is 29.5 Å². The zero-order valence-electron chi connectivity index (χ0n) is 11.9. The summed E-state index contributed by atoms with van der Waals surface area (Å²) in [5.74, 6) is 0. The van der Waals surface area contributed by atoms with Crippen molar-refractivity contribution in [2.75, 3.05) is 14.2 Å². The fourth-order valence-electron chi connectivity index (χ4n) is 1.91. The first-order valence-electron chi connectivity index (χ1n) is 6.12. The van der Waals surface area contributed by atoms with Crippen LogP contribution in [0.3, 0.4) is 0 Å². The number of nitrogens with one attached hydrogen (secondary N) is 1. The Morgan fingerprint density at radius 3 is 2.59 bits per heavy atom. The van der Waals surface area contributed by atoms with Crippen molar-refractivity contribution in [3.63, 3.8) is 0 Å². The molecule has 4 nitrogen and oxygen atoms in total. The van der Waals surface area contributed by atoms with Crippen LogP contribution in [0.1, 0.15) is 44.0 Å². The van der Waals surface area contributed by atoms with Gasteiger partial charge in [0.15, 0.2) is 0 Å². The number of methoxy groups -OCH3 is 1. The molecule has 1 atom stereocenters. The van der Waals surface area contributed by atoms with Crippen molar-refractivity contribution in [2.24, 2.45) is 7.05 Å². The van der Waals surface area contributed by atoms with Crippen LogP contribution in [0.4, 0.5) is 0 Å². The summed E-state index contributed by atoms with van der Waals surface area (Å²) in [6.07, 6.45) is 4.02. The van der Waals surface area contributed by atoms with Crippen LogP contribution in [0, 0.1) is 6.92 Å². The minimum Gasteiger partial charge on any atom is -0.379 e. The average Bonchev–Trinajstić information content (AvgIpc) is 2.62. The lowest BCUT2D eigenvalue weighted by Crippen LogP contribution is -2.26. The minimum absolute atomic E-state index is 0.0643. The second kappa shape index (κ2) is 5.65. The fraction of sp³-hybridized carbons (Fsp3) is 0.769. The molecule has 0 spiro atoms. The highest BCUT2D eigenvalue weighted by atomic mass is 16.5. The van der Waals surface area contributed by atoms with Crippen LogP contribution in [-0.2, 0) is 11.8 Å². The molecule has 1 N–H and O–H groups in total. The van der Waals surface area contributed by atoms with E-state index in [0.717, 1.165) is 12.8 Å². The third kappa shape index (κ3) is 3.54. The highest BCUT2D eigenvalue weighted by Crippen LogP contribution is 2.25. The number of rotatable bonds is 6. The molecule has 4 heteroatoms. The summed E-state index contributed by atoms with van der Waals surface area (Å²) in [5.41, 5.74) is 2.44. The molecule has 0 bridgehead atoms. The first-order chi connectivity index (χ1) is 7.91. The van der Waals surface area contributed by atoms with Crippen molar-refractivity contribution in [1.82, 2.24) is 15.1 Å². The van der Waals surface area contributed by atoms with E-state index in [1.54, 1.807) is 7.11 Å². The number of aromatic nitrogens is 2. The second-order valence-electron chi connectivity index (χ2n) is 5.15. The minimum atomic E-state index is -0.0643. The van der Waals surface area contributed by atoms with Crippen molar-refractivity contribution < 1.29 is 4.74 Å². The lowest BCUT2D eigenvalue weighted by molar-refractivity contribution is 0.0118. The van der Waals surface area contributed by atoms with Crippen molar-refractivity contribution in [3.8, 4) is 0 Å². The van der Waals surface area contributed by atoms with Gasteiger partial charge in [-0.25, -0.2) is 0 Å². The summed E-state index contributed by atoms with van der Waals surface area (Å²) in [7, 11) is 5.74. The molecule has 0 aliphatic heterocycles. The fourth-order valence-corrected chi connectivity index (χ4v) is 1.91. The smallest absolute Gasteiger partial charge is 0.0623 e. The third-order valence-electron chi connectivity index (χ3n) is 3.58. The number of hydrogen-bond acceptors (Lipinski definition) is 3. The molecular weight excluding hydrogens is 214 g/mol. The molecule has 1 aromatic rings. The Morgan fingerprint density at radius 1 is 1.53 bits per heavy atom. The van der Waals surface area contributed by atoms with Crippen molar-refractivity contribution >= 4 is 0 Å². The predicted molar refractivity (Wildman–Crippen MR) is 70.1 cm³/mol. The molecule has 1 heterocycles. The van der Waals surface area contributed by atoms with E-state index in [1.807, 2.05) is 25.0 Å². The Hall–Kier alpha value is -0.870. The monoisotopic (exact) mass is 239 g/mol. The van der Waals surface area contributed by atoms with E-state index < -0.39 is 0 Å². The lowest BCUT2D eigenvalue weighted by Gasteiger charge is -2.25. The maximum absolute atomic E-state index is 5.46. The van der Waals surface area contributed by atoms with Crippen molar-refractivity contribution in [1.29, 1.82) is 0 Å². The van der Waals surface area contributed by atoms with E-state index in [2.05, 4.69) is 31.2 Å². The van der Waals surface area contributed by atoms with E-state index >= 15 is 0 Å². The van der Waals surface area contributed by atoms with Crippen LogP contribution >= 0.6 is 0 Å². The van der Waals surface area contributed by atoms with Gasteiger partial charge < -0.3 is 10.1 Å². The Labute approximate surface area is 104 Å². The van der Waals surface area contributed by atoms with Gasteiger partial charge in [-0.3, -0.25) is 4.68 Å². The van der Waals surface area contributed by atoms with Gasteiger partial charge in [0.05, 0.1) is 11.8 Å². The quantitative estimate of drug-likeness (QED) is 0.827. The lowest BCUT2D eigenvalue weighted by atomic mass is 9.95. The molecule has 17 heavy (non-hydrogen) atoms. The standard InChI is InChI=1S/C13H25N3O/c1-10-11(9-15-16(10)5)12(14-4)7-8-13(2,3)17-6/h9,12,14H,7-8H2,1-6H3. The van der Waals surface area contributed by atoms with Crippen LogP contribution in [0.25, 0.3) is 0 Å². The van der Waals surface area contributed by atoms with Gasteiger partial charge in [-0.2, -0.15) is 5.10 Å². The SMILES string of the molecule is CNC(CCC(C)(C)OC)c1cnn(C)c1C. The average molecular weight is 239 g/mol. The molecule has 1 unspecified atom stereocenters. The molecule has 1 aromatic heterocycles. The van der Waals surface area contributed by atoms with Crippen LogP contribution in [0.5, 0.6) is 0 Å². The molecular formula is C13H25N3O. The first-order valence-corrected chi connectivity index (χ1v) is 6.12. The van der Waals surface area contributed by atoms with Gasteiger partial charge in [-0.1, -0.05) is 0 Å². The van der Waals surface area contributed by atoms with E-state index in [0.29, 0.717) is 6.04 Å². The van der Waals surface area contributed by atoms with E-state index in [1.165, 1.54) is 11.3 Å². The molecule has 0 aromatic carbocycles. The summed E-state index contributed by atoms with van der Waals surface area (Å²) >= 11 is 0. The number of aryl methyl sites for hydroxylation is 1. The molecule has 0 fully saturated rings. The maximum Gasteiger partial charge on any atom is 0.0623 e. The third-order valence-corrected chi connectivity index (χ3v) is 3.58. The molecule has 0 saturated heterocycles. The van der Waals surface area contributed by atoms with Gasteiger partial charge in [-0.15, -0.1) is 0 Å². The Balaban J connectivity index is 2.70. The molecule has 98 valence electrons. The molecule has 0 saturated carbocycles. The van der Waals surface area contributed by atoms with Gasteiger partial charge >= 0.3 is 0 Å². The topological polar surface area (TPSA) is 39.1 Å². The molecule has 0 radical (unpaired) electrons. The van der Waals surface area contributed by atoms with Crippen molar-refractivity contribution in [2.45, 2.75) is 45.3 Å². The van der Waals surface area contributed by atoms with Gasteiger partial charge in [-0.05, 0) is 40.7 Å². The Bertz CT molecular complexity index is 358. The molecule has 0 aliphatic carbocycles. The summed E-state index contributed by atoms with van der Waals surface area (Å²) in [6.45, 7) is 6.35. The Kier molecular flexibility index (Phi) is 4.71. The van der Waals surface area contributed by atoms with Gasteiger partial charge in [0, 0.05) is 31.5 Å². The van der Waals surface area contributed by atoms with E-state index in [4.69, 9.17) is 4.74 Å². The molecule has 0 aliphatic rings. The van der Waals surface area contributed by atoms with Crippen LogP contribution < -0.4 is 5.32 Å². The van der Waals surface area contributed by atoms with Crippen molar-refractivity contribution in [3.05, 3.63) is 17.5 Å². The van der Waals surface area contributed by atoms with E-state index in [-0.39, 0.29) is 5.60 Å².